The lowest BCUT2D eigenvalue weighted by molar-refractivity contribution is -0.106. The van der Waals surface area contributed by atoms with Crippen molar-refractivity contribution in [1.29, 1.82) is 0 Å². The summed E-state index contributed by atoms with van der Waals surface area (Å²) < 4.78 is 5.77. The average molecular weight is 306 g/mol. The van der Waals surface area contributed by atoms with E-state index < -0.39 is 0 Å². The van der Waals surface area contributed by atoms with Gasteiger partial charge in [0.15, 0.2) is 12.0 Å². The first-order chi connectivity index (χ1) is 10.9. The lowest BCUT2D eigenvalue weighted by atomic mass is 10.1. The SMILES string of the molecule is O=C/C(=C/Sc1ccccc1)Oc1cccc2ccccc12. The predicted molar refractivity (Wildman–Crippen MR) is 91.0 cm³/mol. The fourth-order valence-corrected chi connectivity index (χ4v) is 2.78. The molecule has 0 amide bonds. The molecule has 0 aromatic heterocycles. The van der Waals surface area contributed by atoms with Crippen molar-refractivity contribution in [3.05, 3.63) is 84.0 Å². The summed E-state index contributed by atoms with van der Waals surface area (Å²) in [6.07, 6.45) is 0.734. The van der Waals surface area contributed by atoms with E-state index in [1.807, 2.05) is 72.8 Å². The zero-order valence-corrected chi connectivity index (χ0v) is 12.6. The maximum absolute atomic E-state index is 11.3. The van der Waals surface area contributed by atoms with Crippen LogP contribution >= 0.6 is 11.8 Å². The molecule has 0 aliphatic heterocycles. The van der Waals surface area contributed by atoms with Crippen molar-refractivity contribution in [2.75, 3.05) is 0 Å². The van der Waals surface area contributed by atoms with Gasteiger partial charge in [0.2, 0.25) is 0 Å². The minimum atomic E-state index is 0.296. The molecule has 0 spiro atoms. The smallest absolute Gasteiger partial charge is 0.185 e. The molecule has 0 aliphatic carbocycles. The van der Waals surface area contributed by atoms with Crippen molar-refractivity contribution in [2.45, 2.75) is 4.90 Å². The quantitative estimate of drug-likeness (QED) is 0.285. The van der Waals surface area contributed by atoms with E-state index in [-0.39, 0.29) is 0 Å². The number of rotatable bonds is 5. The first-order valence-corrected chi connectivity index (χ1v) is 7.77. The van der Waals surface area contributed by atoms with Crippen molar-refractivity contribution < 1.29 is 9.53 Å². The average Bonchev–Trinajstić information content (AvgIpc) is 2.59. The molecule has 0 unspecified atom stereocenters. The highest BCUT2D eigenvalue weighted by Crippen LogP contribution is 2.27. The second-order valence-corrected chi connectivity index (χ2v) is 5.59. The third-order valence-electron chi connectivity index (χ3n) is 3.15. The lowest BCUT2D eigenvalue weighted by Crippen LogP contribution is -1.96. The highest BCUT2D eigenvalue weighted by molar-refractivity contribution is 8.02. The molecule has 0 aliphatic rings. The molecule has 0 N–H and O–H groups in total. The standard InChI is InChI=1S/C19H14O2S/c20-13-16(14-22-17-9-2-1-3-10-17)21-19-12-6-8-15-7-4-5-11-18(15)19/h1-14H/b16-14-. The minimum absolute atomic E-state index is 0.296. The minimum Gasteiger partial charge on any atom is -0.453 e. The number of benzene rings is 3. The Morgan fingerprint density at radius 3 is 2.41 bits per heavy atom. The van der Waals surface area contributed by atoms with Crippen LogP contribution in [0, 0.1) is 0 Å². The first-order valence-electron chi connectivity index (χ1n) is 6.89. The predicted octanol–water partition coefficient (Wildman–Crippen LogP) is 5.05. The summed E-state index contributed by atoms with van der Waals surface area (Å²) in [5, 5.41) is 3.80. The van der Waals surface area contributed by atoms with Gasteiger partial charge in [0.25, 0.3) is 0 Å². The van der Waals surface area contributed by atoms with Gasteiger partial charge in [0, 0.05) is 15.7 Å². The molecule has 0 fully saturated rings. The Labute approximate surface area is 133 Å². The number of fused-ring (bicyclic) bond motifs is 1. The van der Waals surface area contributed by atoms with Gasteiger partial charge < -0.3 is 4.74 Å². The number of carbonyl (C=O) groups is 1. The highest BCUT2D eigenvalue weighted by atomic mass is 32.2. The fraction of sp³-hybridized carbons (Fsp3) is 0. The Bertz CT molecular complexity index is 805. The molecule has 3 aromatic rings. The lowest BCUT2D eigenvalue weighted by Gasteiger charge is -2.08. The number of allylic oxidation sites excluding steroid dienone is 1. The van der Waals surface area contributed by atoms with E-state index >= 15 is 0 Å². The van der Waals surface area contributed by atoms with Crippen LogP contribution in [0.2, 0.25) is 0 Å². The van der Waals surface area contributed by atoms with E-state index in [2.05, 4.69) is 0 Å². The van der Waals surface area contributed by atoms with Crippen molar-refractivity contribution in [2.24, 2.45) is 0 Å². The Kier molecular flexibility index (Phi) is 4.56. The van der Waals surface area contributed by atoms with Gasteiger partial charge in [0.05, 0.1) is 0 Å². The molecule has 22 heavy (non-hydrogen) atoms. The Hall–Kier alpha value is -2.52. The molecule has 0 saturated carbocycles. The van der Waals surface area contributed by atoms with Crippen molar-refractivity contribution in [3.63, 3.8) is 0 Å². The van der Waals surface area contributed by atoms with Gasteiger partial charge in [-0.05, 0) is 23.6 Å². The van der Waals surface area contributed by atoms with Gasteiger partial charge in [-0.2, -0.15) is 0 Å². The number of carbonyl (C=O) groups excluding carboxylic acids is 1. The van der Waals surface area contributed by atoms with Crippen molar-refractivity contribution in [3.8, 4) is 5.75 Å². The van der Waals surface area contributed by atoms with E-state index in [1.54, 1.807) is 5.41 Å². The molecule has 0 saturated heterocycles. The van der Waals surface area contributed by atoms with Crippen LogP contribution in [0.5, 0.6) is 5.75 Å². The van der Waals surface area contributed by atoms with Crippen molar-refractivity contribution >= 4 is 28.8 Å². The van der Waals surface area contributed by atoms with Crippen LogP contribution in [-0.2, 0) is 4.79 Å². The number of ether oxygens (including phenoxy) is 1. The Morgan fingerprint density at radius 2 is 1.59 bits per heavy atom. The summed E-state index contributed by atoms with van der Waals surface area (Å²) in [5.41, 5.74) is 0. The normalized spacial score (nSPS) is 11.4. The summed E-state index contributed by atoms with van der Waals surface area (Å²) in [6, 6.07) is 23.6. The third-order valence-corrected chi connectivity index (χ3v) is 4.04. The summed E-state index contributed by atoms with van der Waals surface area (Å²) in [4.78, 5) is 12.3. The molecule has 3 aromatic carbocycles. The van der Waals surface area contributed by atoms with Crippen LogP contribution in [0.15, 0.2) is 88.9 Å². The molecule has 0 bridgehead atoms. The van der Waals surface area contributed by atoms with E-state index in [0.717, 1.165) is 22.0 Å². The zero-order valence-electron chi connectivity index (χ0n) is 11.8. The van der Waals surface area contributed by atoms with E-state index in [4.69, 9.17) is 4.74 Å². The maximum Gasteiger partial charge on any atom is 0.185 e. The first kappa shape index (κ1) is 14.4. The van der Waals surface area contributed by atoms with Gasteiger partial charge in [0.1, 0.15) is 5.75 Å². The maximum atomic E-state index is 11.3. The second-order valence-electron chi connectivity index (χ2n) is 4.65. The molecule has 0 heterocycles. The molecule has 3 heteroatoms. The molecule has 2 nitrogen and oxygen atoms in total. The van der Waals surface area contributed by atoms with Gasteiger partial charge in [-0.3, -0.25) is 4.79 Å². The molecule has 0 atom stereocenters. The van der Waals surface area contributed by atoms with Gasteiger partial charge in [-0.25, -0.2) is 0 Å². The highest BCUT2D eigenvalue weighted by Gasteiger charge is 2.04. The largest absolute Gasteiger partial charge is 0.453 e. The summed E-state index contributed by atoms with van der Waals surface area (Å²) in [5.74, 6) is 0.982. The Balaban J connectivity index is 1.84. The van der Waals surface area contributed by atoms with Gasteiger partial charge in [-0.1, -0.05) is 66.4 Å². The van der Waals surface area contributed by atoms with E-state index in [9.17, 15) is 4.79 Å². The van der Waals surface area contributed by atoms with Crippen LogP contribution < -0.4 is 4.74 Å². The topological polar surface area (TPSA) is 26.3 Å². The zero-order chi connectivity index (χ0) is 15.2. The van der Waals surface area contributed by atoms with Gasteiger partial charge in [-0.15, -0.1) is 0 Å². The Morgan fingerprint density at radius 1 is 0.864 bits per heavy atom. The summed E-state index contributed by atoms with van der Waals surface area (Å²) in [6.45, 7) is 0. The van der Waals surface area contributed by atoms with E-state index in [1.165, 1.54) is 11.8 Å². The number of aldehydes is 1. The number of thioether (sulfide) groups is 1. The van der Waals surface area contributed by atoms with Crippen LogP contribution in [0.4, 0.5) is 0 Å². The second kappa shape index (κ2) is 6.96. The van der Waals surface area contributed by atoms with Crippen LogP contribution in [0.25, 0.3) is 10.8 Å². The van der Waals surface area contributed by atoms with Crippen LogP contribution in [0.1, 0.15) is 0 Å². The molecular formula is C19H14O2S. The summed E-state index contributed by atoms with van der Waals surface area (Å²) >= 11 is 1.46. The third kappa shape index (κ3) is 3.38. The number of hydrogen-bond donors (Lipinski definition) is 0. The molecule has 0 radical (unpaired) electrons. The fourth-order valence-electron chi connectivity index (χ4n) is 2.11. The summed E-state index contributed by atoms with van der Waals surface area (Å²) in [7, 11) is 0. The number of hydrogen-bond acceptors (Lipinski definition) is 3. The van der Waals surface area contributed by atoms with E-state index in [0.29, 0.717) is 11.5 Å². The van der Waals surface area contributed by atoms with Crippen LogP contribution in [0.3, 0.4) is 0 Å². The van der Waals surface area contributed by atoms with Crippen LogP contribution in [-0.4, -0.2) is 6.29 Å². The molecule has 108 valence electrons. The van der Waals surface area contributed by atoms with Crippen molar-refractivity contribution in [1.82, 2.24) is 0 Å². The molecule has 3 rings (SSSR count). The monoisotopic (exact) mass is 306 g/mol. The molecular weight excluding hydrogens is 292 g/mol. The van der Waals surface area contributed by atoms with Gasteiger partial charge >= 0.3 is 0 Å².